The highest BCUT2D eigenvalue weighted by Gasteiger charge is 2.50. The second-order valence-electron chi connectivity index (χ2n) is 12.0. The second-order valence-corrected chi connectivity index (χ2v) is 12.0. The fourth-order valence-corrected chi connectivity index (χ4v) is 7.76. The van der Waals surface area contributed by atoms with E-state index in [0.29, 0.717) is 43.6 Å². The van der Waals surface area contributed by atoms with E-state index < -0.39 is 5.60 Å². The molecule has 1 aliphatic carbocycles. The number of nitriles is 1. The Labute approximate surface area is 235 Å². The zero-order valence-electron chi connectivity index (χ0n) is 23.3. The maximum atomic E-state index is 10.1. The molecule has 5 aliphatic rings. The number of fused-ring (bicyclic) bond motifs is 4. The third-order valence-electron chi connectivity index (χ3n) is 9.75. The number of aryl methyl sites for hydroxylation is 1. The van der Waals surface area contributed by atoms with Gasteiger partial charge in [0, 0.05) is 43.4 Å². The van der Waals surface area contributed by atoms with E-state index in [9.17, 15) is 5.26 Å². The largest absolute Gasteiger partial charge is 0.461 e. The summed E-state index contributed by atoms with van der Waals surface area (Å²) in [5.74, 6) is 0.834. The number of nitrogens with two attached hydrogens (primary N) is 1. The molecule has 2 aromatic rings. The smallest absolute Gasteiger partial charge is 0.318 e. The minimum absolute atomic E-state index is 0.0276. The number of nitrogens with zero attached hydrogens (tertiary/aromatic N) is 5. The van der Waals surface area contributed by atoms with Gasteiger partial charge in [0.1, 0.15) is 30.8 Å². The summed E-state index contributed by atoms with van der Waals surface area (Å²) in [5, 5.41) is 10.1. The molecule has 1 aromatic carbocycles. The lowest BCUT2D eigenvalue weighted by Crippen LogP contribution is -2.44. The number of aromatic nitrogens is 2. The molecule has 2 N–H and O–H groups in total. The number of rotatable bonds is 5. The molecular weight excluding hydrogens is 508 g/mol. The second kappa shape index (κ2) is 10.1. The first-order valence-electron chi connectivity index (χ1n) is 14.6. The molecule has 3 fully saturated rings. The van der Waals surface area contributed by atoms with Gasteiger partial charge in [-0.15, -0.1) is 0 Å². The van der Waals surface area contributed by atoms with Crippen molar-refractivity contribution in [2.24, 2.45) is 0 Å². The van der Waals surface area contributed by atoms with Crippen molar-refractivity contribution in [3.05, 3.63) is 40.1 Å². The third kappa shape index (κ3) is 4.22. The summed E-state index contributed by atoms with van der Waals surface area (Å²) in [5.41, 5.74) is 10.7. The van der Waals surface area contributed by atoms with Gasteiger partial charge in [0.15, 0.2) is 0 Å². The molecule has 4 aliphatic heterocycles. The molecule has 0 radical (unpaired) electrons. The molecule has 10 nitrogen and oxygen atoms in total. The van der Waals surface area contributed by atoms with E-state index >= 15 is 0 Å². The summed E-state index contributed by atoms with van der Waals surface area (Å²) in [4.78, 5) is 14.7. The van der Waals surface area contributed by atoms with E-state index in [4.69, 9.17) is 34.6 Å². The number of ether oxygens (including phenoxy) is 4. The Bertz CT molecular complexity index is 1340. The third-order valence-corrected chi connectivity index (χ3v) is 9.75. The van der Waals surface area contributed by atoms with Crippen molar-refractivity contribution in [1.29, 1.82) is 5.26 Å². The average Bonchev–Trinajstić information content (AvgIpc) is 3.54. The molecule has 1 aromatic heterocycles. The van der Waals surface area contributed by atoms with E-state index in [0.717, 1.165) is 93.0 Å². The summed E-state index contributed by atoms with van der Waals surface area (Å²) in [6, 6.07) is 6.68. The summed E-state index contributed by atoms with van der Waals surface area (Å²) < 4.78 is 24.8. The molecule has 40 heavy (non-hydrogen) atoms. The predicted octanol–water partition coefficient (Wildman–Crippen LogP) is 3.05. The maximum absolute atomic E-state index is 10.1. The quantitative estimate of drug-likeness (QED) is 0.561. The maximum Gasteiger partial charge on any atom is 0.318 e. The molecule has 212 valence electrons. The topological polar surface area (TPSA) is 119 Å². The van der Waals surface area contributed by atoms with Gasteiger partial charge in [0.2, 0.25) is 0 Å². The van der Waals surface area contributed by atoms with Crippen molar-refractivity contribution in [2.45, 2.75) is 75.2 Å². The molecule has 1 spiro atoms. The van der Waals surface area contributed by atoms with Crippen LogP contribution in [-0.4, -0.2) is 73.2 Å². The number of hydrogen-bond donors (Lipinski definition) is 1. The lowest BCUT2D eigenvalue weighted by Gasteiger charge is -2.43. The summed E-state index contributed by atoms with van der Waals surface area (Å²) in [6.45, 7) is 5.04. The minimum atomic E-state index is -0.638. The van der Waals surface area contributed by atoms with Gasteiger partial charge in [-0.3, -0.25) is 4.90 Å². The van der Waals surface area contributed by atoms with Crippen LogP contribution in [0.1, 0.15) is 66.5 Å². The molecule has 0 saturated carbocycles. The van der Waals surface area contributed by atoms with Gasteiger partial charge in [0.25, 0.3) is 0 Å². The Morgan fingerprint density at radius 3 is 2.95 bits per heavy atom. The van der Waals surface area contributed by atoms with Gasteiger partial charge in [-0.1, -0.05) is 6.07 Å². The van der Waals surface area contributed by atoms with Crippen LogP contribution in [0.3, 0.4) is 0 Å². The normalized spacial score (nSPS) is 29.6. The summed E-state index contributed by atoms with van der Waals surface area (Å²) in [6.07, 6.45) is 7.67. The first-order valence-corrected chi connectivity index (χ1v) is 14.6. The zero-order chi connectivity index (χ0) is 27.3. The fraction of sp³-hybridized carbons (Fsp3) is 0.633. The molecular formula is C30H38N6O4. The van der Waals surface area contributed by atoms with Crippen LogP contribution in [0.5, 0.6) is 6.01 Å². The van der Waals surface area contributed by atoms with E-state index in [1.54, 1.807) is 7.11 Å². The molecule has 10 heteroatoms. The van der Waals surface area contributed by atoms with Crippen molar-refractivity contribution >= 4 is 11.5 Å². The molecule has 0 unspecified atom stereocenters. The highest BCUT2D eigenvalue weighted by atomic mass is 16.5. The number of hydrogen-bond acceptors (Lipinski definition) is 10. The van der Waals surface area contributed by atoms with Crippen molar-refractivity contribution in [2.75, 3.05) is 57.3 Å². The Balaban J connectivity index is 1.25. The number of nitrogen functional groups attached to an aromatic ring is 1. The SMILES string of the molecule is CO[C@@H]1CN2CCC[C@]2(COc2nc3c(c(N4CCCOC4)n2)CO[C@@]2(CCCc4ccc(N)c(C#N)c42)C3)C1. The fourth-order valence-electron chi connectivity index (χ4n) is 7.76. The summed E-state index contributed by atoms with van der Waals surface area (Å²) >= 11 is 0. The molecule has 0 amide bonds. The monoisotopic (exact) mass is 546 g/mol. The molecule has 5 heterocycles. The van der Waals surface area contributed by atoms with Gasteiger partial charge >= 0.3 is 6.01 Å². The average molecular weight is 547 g/mol. The predicted molar refractivity (Wildman–Crippen MR) is 148 cm³/mol. The van der Waals surface area contributed by atoms with Crippen LogP contribution in [-0.2, 0) is 39.3 Å². The molecule has 3 atom stereocenters. The zero-order valence-corrected chi connectivity index (χ0v) is 23.3. The van der Waals surface area contributed by atoms with Crippen LogP contribution in [0, 0.1) is 11.3 Å². The van der Waals surface area contributed by atoms with E-state index in [2.05, 4.69) is 21.9 Å². The van der Waals surface area contributed by atoms with Crippen LogP contribution in [0.4, 0.5) is 11.5 Å². The summed E-state index contributed by atoms with van der Waals surface area (Å²) in [7, 11) is 1.80. The lowest BCUT2D eigenvalue weighted by molar-refractivity contribution is -0.0858. The van der Waals surface area contributed by atoms with Crippen molar-refractivity contribution < 1.29 is 18.9 Å². The number of benzene rings is 1. The number of anilines is 2. The van der Waals surface area contributed by atoms with Gasteiger partial charge in [-0.2, -0.15) is 15.2 Å². The highest BCUT2D eigenvalue weighted by Crippen LogP contribution is 2.48. The van der Waals surface area contributed by atoms with E-state index in [1.807, 2.05) is 6.07 Å². The van der Waals surface area contributed by atoms with Crippen LogP contribution in [0.25, 0.3) is 0 Å². The van der Waals surface area contributed by atoms with Gasteiger partial charge in [-0.25, -0.2) is 0 Å². The van der Waals surface area contributed by atoms with E-state index in [-0.39, 0.29) is 11.6 Å². The van der Waals surface area contributed by atoms with Crippen LogP contribution in [0.2, 0.25) is 0 Å². The Hall–Kier alpha value is -2.97. The molecule has 3 saturated heterocycles. The van der Waals surface area contributed by atoms with Crippen LogP contribution in [0.15, 0.2) is 12.1 Å². The standard InChI is InChI=1S/C30H38N6O4/c1-37-21-13-29(8-3-11-36(29)16-21)18-39-28-33-25-14-30(9-2-5-20-6-7-24(32)22(15-31)26(20)30)40-17-23(25)27(34-28)35-10-4-12-38-19-35/h6-7,21H,2-5,8-14,16-19,32H2,1H3/t21-,29+,30-/m0/s1. The Morgan fingerprint density at radius 1 is 1.20 bits per heavy atom. The Morgan fingerprint density at radius 2 is 2.12 bits per heavy atom. The van der Waals surface area contributed by atoms with Gasteiger partial charge < -0.3 is 29.6 Å². The highest BCUT2D eigenvalue weighted by molar-refractivity contribution is 5.63. The van der Waals surface area contributed by atoms with Gasteiger partial charge in [0.05, 0.1) is 36.1 Å². The van der Waals surface area contributed by atoms with E-state index in [1.165, 1.54) is 6.42 Å². The molecule has 7 rings (SSSR count). The van der Waals surface area contributed by atoms with Crippen molar-refractivity contribution in [3.63, 3.8) is 0 Å². The van der Waals surface area contributed by atoms with Crippen molar-refractivity contribution in [1.82, 2.24) is 14.9 Å². The molecule has 0 bridgehead atoms. The van der Waals surface area contributed by atoms with Crippen LogP contribution < -0.4 is 15.4 Å². The lowest BCUT2D eigenvalue weighted by atomic mass is 9.72. The van der Waals surface area contributed by atoms with Crippen molar-refractivity contribution in [3.8, 4) is 12.1 Å². The van der Waals surface area contributed by atoms with Gasteiger partial charge in [-0.05, 0) is 63.1 Å². The minimum Gasteiger partial charge on any atom is -0.461 e. The first kappa shape index (κ1) is 26.0. The van der Waals surface area contributed by atoms with Crippen LogP contribution >= 0.6 is 0 Å². The Kier molecular flexibility index (Phi) is 6.58. The number of methoxy groups -OCH3 is 1. The first-order chi connectivity index (χ1) is 19.5.